The van der Waals surface area contributed by atoms with Gasteiger partial charge >= 0.3 is 0 Å². The minimum Gasteiger partial charge on any atom is -0.365 e. The Balaban J connectivity index is 1.19. The van der Waals surface area contributed by atoms with Crippen LogP contribution in [0.5, 0.6) is 0 Å². The number of aryl methyl sites for hydroxylation is 2. The Kier molecular flexibility index (Phi) is 6.66. The van der Waals surface area contributed by atoms with E-state index in [2.05, 4.69) is 44.6 Å². The molecule has 35 heavy (non-hydrogen) atoms. The van der Waals surface area contributed by atoms with Gasteiger partial charge in [-0.05, 0) is 50.8 Å². The number of fused-ring (bicyclic) bond motifs is 1. The zero-order chi connectivity index (χ0) is 24.7. The van der Waals surface area contributed by atoms with Crippen molar-refractivity contribution in [3.05, 3.63) is 40.7 Å². The predicted molar refractivity (Wildman–Crippen MR) is 140 cm³/mol. The van der Waals surface area contributed by atoms with Gasteiger partial charge in [-0.15, -0.1) is 22.7 Å². The monoisotopic (exact) mass is 532 g/mol. The third-order valence-electron chi connectivity index (χ3n) is 6.33. The molecule has 5 rings (SSSR count). The molecule has 9 nitrogen and oxygen atoms in total. The molecule has 12 heteroatoms. The fourth-order valence-corrected chi connectivity index (χ4v) is 8.12. The highest BCUT2D eigenvalue weighted by atomic mass is 32.2. The molecule has 0 aromatic carbocycles. The van der Waals surface area contributed by atoms with Gasteiger partial charge in [0.05, 0.1) is 20.8 Å². The number of nitrogens with one attached hydrogen (secondary N) is 1. The minimum absolute atomic E-state index is 0.159. The molecule has 0 bridgehead atoms. The lowest BCUT2D eigenvalue weighted by Gasteiger charge is -2.35. The van der Waals surface area contributed by atoms with E-state index < -0.39 is 10.0 Å². The van der Waals surface area contributed by atoms with E-state index in [-0.39, 0.29) is 6.04 Å². The molecule has 0 spiro atoms. The highest BCUT2D eigenvalue weighted by Crippen LogP contribution is 2.35. The van der Waals surface area contributed by atoms with Crippen molar-refractivity contribution in [1.82, 2.24) is 24.3 Å². The van der Waals surface area contributed by atoms with Crippen molar-refractivity contribution in [3.8, 4) is 10.6 Å². The first-order valence-corrected chi connectivity index (χ1v) is 14.6. The quantitative estimate of drug-likeness (QED) is 0.379. The van der Waals surface area contributed by atoms with Gasteiger partial charge in [0.1, 0.15) is 16.4 Å². The van der Waals surface area contributed by atoms with Gasteiger partial charge in [-0.1, -0.05) is 5.16 Å². The molecule has 4 aromatic rings. The van der Waals surface area contributed by atoms with Crippen LogP contribution in [-0.4, -0.2) is 71.5 Å². The highest BCUT2D eigenvalue weighted by Gasteiger charge is 2.31. The van der Waals surface area contributed by atoms with Crippen LogP contribution < -0.4 is 5.32 Å². The summed E-state index contributed by atoms with van der Waals surface area (Å²) < 4.78 is 34.9. The molecule has 4 aromatic heterocycles. The normalized spacial score (nSPS) is 16.7. The molecule has 0 amide bonds. The molecule has 0 aliphatic carbocycles. The second-order valence-corrected chi connectivity index (χ2v) is 13.0. The first-order chi connectivity index (χ1) is 16.7. The summed E-state index contributed by atoms with van der Waals surface area (Å²) in [6.45, 7) is 11.1. The van der Waals surface area contributed by atoms with E-state index in [1.165, 1.54) is 11.3 Å². The summed E-state index contributed by atoms with van der Waals surface area (Å²) in [6.07, 6.45) is 1.60. The van der Waals surface area contributed by atoms with E-state index in [9.17, 15) is 8.42 Å². The van der Waals surface area contributed by atoms with E-state index in [4.69, 9.17) is 4.52 Å². The average molecular weight is 533 g/mol. The van der Waals surface area contributed by atoms with Gasteiger partial charge in [0, 0.05) is 44.3 Å². The molecule has 1 aliphatic rings. The van der Waals surface area contributed by atoms with Gasteiger partial charge in [0.25, 0.3) is 10.0 Å². The molecule has 5 heterocycles. The molecule has 0 unspecified atom stereocenters. The molecule has 0 radical (unpaired) electrons. The summed E-state index contributed by atoms with van der Waals surface area (Å²) in [7, 11) is -3.55. The van der Waals surface area contributed by atoms with Gasteiger partial charge < -0.3 is 9.84 Å². The van der Waals surface area contributed by atoms with E-state index >= 15 is 0 Å². The van der Waals surface area contributed by atoms with Crippen molar-refractivity contribution in [2.45, 2.75) is 37.9 Å². The molecular weight excluding hydrogens is 504 g/mol. The van der Waals surface area contributed by atoms with Gasteiger partial charge in [0.2, 0.25) is 0 Å². The van der Waals surface area contributed by atoms with Crippen LogP contribution in [0.2, 0.25) is 0 Å². The number of rotatable bonds is 7. The van der Waals surface area contributed by atoms with Crippen LogP contribution in [0.4, 0.5) is 5.82 Å². The van der Waals surface area contributed by atoms with Gasteiger partial charge in [-0.2, -0.15) is 4.31 Å². The maximum atomic E-state index is 13.3. The molecule has 1 saturated heterocycles. The average Bonchev–Trinajstić information content (AvgIpc) is 3.55. The Hall–Kier alpha value is -2.38. The van der Waals surface area contributed by atoms with Crippen LogP contribution in [0.3, 0.4) is 0 Å². The Bertz CT molecular complexity index is 1450. The highest BCUT2D eigenvalue weighted by molar-refractivity contribution is 7.91. The number of aromatic nitrogens is 3. The van der Waals surface area contributed by atoms with Gasteiger partial charge in [0.15, 0.2) is 5.76 Å². The number of hydrogen-bond donors (Lipinski definition) is 1. The van der Waals surface area contributed by atoms with Crippen LogP contribution in [0.1, 0.15) is 23.7 Å². The smallest absolute Gasteiger partial charge is 0.252 e. The van der Waals surface area contributed by atoms with Crippen molar-refractivity contribution in [3.63, 3.8) is 0 Å². The summed E-state index contributed by atoms with van der Waals surface area (Å²) >= 11 is 2.88. The largest absolute Gasteiger partial charge is 0.365 e. The van der Waals surface area contributed by atoms with Crippen LogP contribution in [-0.2, 0) is 10.0 Å². The van der Waals surface area contributed by atoms with Gasteiger partial charge in [-0.25, -0.2) is 18.4 Å². The fraction of sp³-hybridized carbons (Fsp3) is 0.435. The summed E-state index contributed by atoms with van der Waals surface area (Å²) in [5.41, 5.74) is 3.89. The van der Waals surface area contributed by atoms with Crippen molar-refractivity contribution < 1.29 is 12.9 Å². The van der Waals surface area contributed by atoms with E-state index in [1.807, 2.05) is 13.8 Å². The van der Waals surface area contributed by atoms with Crippen molar-refractivity contribution in [2.24, 2.45) is 0 Å². The maximum absolute atomic E-state index is 13.3. The van der Waals surface area contributed by atoms with E-state index in [1.54, 1.807) is 34.1 Å². The SMILES string of the molecule is Cc1noc(-c2ccc(S(=O)(=O)N3CCN(C[C@H](C)Nc4ncnc5c(C)csc45)CC3)s2)c1C. The lowest BCUT2D eigenvalue weighted by atomic mass is 10.2. The van der Waals surface area contributed by atoms with E-state index in [0.717, 1.165) is 44.3 Å². The Morgan fingerprint density at radius 1 is 1.14 bits per heavy atom. The molecule has 1 aliphatic heterocycles. The Labute approximate surface area is 212 Å². The number of piperazine rings is 1. The van der Waals surface area contributed by atoms with E-state index in [0.29, 0.717) is 36.1 Å². The Morgan fingerprint density at radius 2 is 1.91 bits per heavy atom. The molecule has 1 fully saturated rings. The van der Waals surface area contributed by atoms with Crippen molar-refractivity contribution in [2.75, 3.05) is 38.0 Å². The number of thiophene rings is 2. The number of anilines is 1. The summed E-state index contributed by atoms with van der Waals surface area (Å²) in [5.74, 6) is 1.49. The second kappa shape index (κ2) is 9.58. The van der Waals surface area contributed by atoms with Crippen molar-refractivity contribution >= 4 is 48.7 Å². The first-order valence-electron chi connectivity index (χ1n) is 11.4. The first kappa shape index (κ1) is 24.3. The lowest BCUT2D eigenvalue weighted by Crippen LogP contribution is -2.50. The zero-order valence-corrected chi connectivity index (χ0v) is 22.6. The van der Waals surface area contributed by atoms with Crippen LogP contribution in [0.15, 0.2) is 32.6 Å². The molecule has 0 saturated carbocycles. The third-order valence-corrected chi connectivity index (χ3v) is 10.9. The second-order valence-electron chi connectivity index (χ2n) is 8.91. The Morgan fingerprint density at radius 3 is 2.63 bits per heavy atom. The molecule has 186 valence electrons. The van der Waals surface area contributed by atoms with Crippen molar-refractivity contribution in [1.29, 1.82) is 0 Å². The minimum atomic E-state index is -3.55. The fourth-order valence-electron chi connectivity index (χ4n) is 4.24. The number of nitrogens with zero attached hydrogens (tertiary/aromatic N) is 5. The predicted octanol–water partition coefficient (Wildman–Crippen LogP) is 4.14. The zero-order valence-electron chi connectivity index (χ0n) is 20.1. The summed E-state index contributed by atoms with van der Waals surface area (Å²) in [4.78, 5) is 11.9. The molecule has 1 atom stereocenters. The summed E-state index contributed by atoms with van der Waals surface area (Å²) in [6, 6.07) is 3.62. The van der Waals surface area contributed by atoms with Crippen LogP contribution >= 0.6 is 22.7 Å². The third kappa shape index (κ3) is 4.73. The van der Waals surface area contributed by atoms with Gasteiger partial charge in [-0.3, -0.25) is 4.90 Å². The van der Waals surface area contributed by atoms with Crippen LogP contribution in [0.25, 0.3) is 20.9 Å². The standard InChI is InChI=1S/C23H28N6O3S3/c1-14-12-33-22-20(14)24-13-25-23(22)26-15(2)11-28-7-9-29(10-8-28)35(30,31)19-6-5-18(34-19)21-16(3)17(4)27-32-21/h5-6,12-13,15H,7-11H2,1-4H3,(H,24,25,26)/t15-/m0/s1. The van der Waals surface area contributed by atoms with Crippen LogP contribution in [0, 0.1) is 20.8 Å². The number of hydrogen-bond acceptors (Lipinski definition) is 10. The molecular formula is C23H28N6O3S3. The molecule has 1 N–H and O–H groups in total. The number of sulfonamides is 1. The summed E-state index contributed by atoms with van der Waals surface area (Å²) in [5, 5.41) is 9.59. The maximum Gasteiger partial charge on any atom is 0.252 e. The topological polar surface area (TPSA) is 104 Å². The lowest BCUT2D eigenvalue weighted by molar-refractivity contribution is 0.184.